The fourth-order valence-electron chi connectivity index (χ4n) is 4.97. The van der Waals surface area contributed by atoms with E-state index in [1.807, 2.05) is 24.3 Å². The zero-order valence-corrected chi connectivity index (χ0v) is 20.1. The van der Waals surface area contributed by atoms with Gasteiger partial charge in [-0.25, -0.2) is 0 Å². The zero-order chi connectivity index (χ0) is 24.3. The van der Waals surface area contributed by atoms with Gasteiger partial charge >= 0.3 is 0 Å². The van der Waals surface area contributed by atoms with Gasteiger partial charge in [0, 0.05) is 65.5 Å². The van der Waals surface area contributed by atoms with E-state index >= 15 is 0 Å². The number of rotatable bonds is 5. The second kappa shape index (κ2) is 10.0. The Bertz CT molecular complexity index is 1410. The van der Waals surface area contributed by atoms with Crippen molar-refractivity contribution in [1.29, 1.82) is 5.26 Å². The largest absolute Gasteiger partial charge is 0.489 e. The second-order valence-electron chi connectivity index (χ2n) is 9.21. The van der Waals surface area contributed by atoms with Crippen LogP contribution in [0, 0.1) is 11.3 Å². The number of nitrogens with zero attached hydrogens (tertiary/aromatic N) is 3. The Morgan fingerprint density at radius 2 is 1.78 bits per heavy atom. The van der Waals surface area contributed by atoms with Crippen LogP contribution >= 0.6 is 0 Å². The molecule has 2 aliphatic rings. The van der Waals surface area contributed by atoms with Crippen LogP contribution in [0.1, 0.15) is 18.4 Å². The Morgan fingerprint density at radius 3 is 2.61 bits per heavy atom. The van der Waals surface area contributed by atoms with Crippen LogP contribution in [0.15, 0.2) is 60.8 Å². The molecule has 2 aromatic heterocycles. The highest BCUT2D eigenvalue weighted by atomic mass is 16.5. The number of ether oxygens (including phenoxy) is 3. The molecule has 0 spiro atoms. The molecule has 2 saturated heterocycles. The van der Waals surface area contributed by atoms with Crippen molar-refractivity contribution in [2.45, 2.75) is 18.9 Å². The molecular formula is C29H28N4O3. The first-order valence-electron chi connectivity index (χ1n) is 12.5. The summed E-state index contributed by atoms with van der Waals surface area (Å²) in [7, 11) is 0. The summed E-state index contributed by atoms with van der Waals surface area (Å²) in [4.78, 5) is 10.6. The molecule has 2 fully saturated rings. The smallest absolute Gasteiger partial charge is 0.137 e. The number of anilines is 1. The number of H-pyrrole nitrogens is 1. The Kier molecular flexibility index (Phi) is 6.29. The summed E-state index contributed by atoms with van der Waals surface area (Å²) < 4.78 is 17.1. The second-order valence-corrected chi connectivity index (χ2v) is 9.21. The first-order valence-corrected chi connectivity index (χ1v) is 12.5. The van der Waals surface area contributed by atoms with Gasteiger partial charge in [0.05, 0.1) is 37.7 Å². The number of fused-ring (bicyclic) bond motifs is 1. The normalized spacial score (nSPS) is 16.7. The van der Waals surface area contributed by atoms with Gasteiger partial charge in [-0.3, -0.25) is 4.98 Å². The fraction of sp³-hybridized carbons (Fsp3) is 0.310. The van der Waals surface area contributed by atoms with E-state index in [9.17, 15) is 5.26 Å². The molecule has 7 nitrogen and oxygen atoms in total. The minimum atomic E-state index is 0.0821. The number of nitrogens with one attached hydrogen (secondary N) is 1. The van der Waals surface area contributed by atoms with Crippen molar-refractivity contribution in [3.05, 3.63) is 66.4 Å². The highest BCUT2D eigenvalue weighted by molar-refractivity contribution is 5.96. The summed E-state index contributed by atoms with van der Waals surface area (Å²) >= 11 is 0. The molecule has 4 heterocycles. The Morgan fingerprint density at radius 1 is 0.944 bits per heavy atom. The number of nitriles is 1. The average molecular weight is 481 g/mol. The third-order valence-corrected chi connectivity index (χ3v) is 6.92. The van der Waals surface area contributed by atoms with Gasteiger partial charge in [0.25, 0.3) is 0 Å². The summed E-state index contributed by atoms with van der Waals surface area (Å²) in [5, 5.41) is 10.8. The number of aromatic nitrogens is 2. The van der Waals surface area contributed by atoms with E-state index in [2.05, 4.69) is 51.3 Å². The van der Waals surface area contributed by atoms with Crippen molar-refractivity contribution in [3.63, 3.8) is 0 Å². The van der Waals surface area contributed by atoms with Crippen LogP contribution in [-0.2, 0) is 9.47 Å². The minimum Gasteiger partial charge on any atom is -0.489 e. The number of hydrogen-bond acceptors (Lipinski definition) is 6. The maximum absolute atomic E-state index is 9.83. The highest BCUT2D eigenvalue weighted by Gasteiger charge is 2.19. The van der Waals surface area contributed by atoms with Gasteiger partial charge in [-0.05, 0) is 42.5 Å². The molecule has 0 unspecified atom stereocenters. The molecule has 2 aromatic carbocycles. The van der Waals surface area contributed by atoms with E-state index in [0.717, 1.165) is 72.6 Å². The molecule has 2 aliphatic heterocycles. The summed E-state index contributed by atoms with van der Waals surface area (Å²) in [6.07, 6.45) is 3.57. The van der Waals surface area contributed by atoms with E-state index < -0.39 is 0 Å². The lowest BCUT2D eigenvalue weighted by Gasteiger charge is -2.29. The number of pyridine rings is 1. The fourth-order valence-corrected chi connectivity index (χ4v) is 4.97. The Labute approximate surface area is 210 Å². The number of morpholine rings is 1. The van der Waals surface area contributed by atoms with Gasteiger partial charge in [0.1, 0.15) is 17.9 Å². The monoisotopic (exact) mass is 480 g/mol. The van der Waals surface area contributed by atoms with Crippen molar-refractivity contribution >= 4 is 16.6 Å². The van der Waals surface area contributed by atoms with Gasteiger partial charge in [0.2, 0.25) is 0 Å². The lowest BCUT2D eigenvalue weighted by Crippen LogP contribution is -2.36. The van der Waals surface area contributed by atoms with Gasteiger partial charge in [-0.1, -0.05) is 12.1 Å². The lowest BCUT2D eigenvalue weighted by molar-refractivity contribution is 0.0254. The van der Waals surface area contributed by atoms with Crippen LogP contribution in [0.25, 0.3) is 33.4 Å². The maximum atomic E-state index is 9.83. The predicted octanol–water partition coefficient (Wildman–Crippen LogP) is 5.16. The van der Waals surface area contributed by atoms with Crippen LogP contribution < -0.4 is 9.64 Å². The quantitative estimate of drug-likeness (QED) is 0.425. The molecule has 36 heavy (non-hydrogen) atoms. The molecule has 0 amide bonds. The van der Waals surface area contributed by atoms with Gasteiger partial charge in [0.15, 0.2) is 0 Å². The standard InChI is InChI=1S/C29H28N4O3/c30-19-22-16-21(4-5-28(22)36-24-7-12-34-13-8-24)29-25-18-27(32-26(25)6-9-31-29)20-2-1-3-23(17-20)33-10-14-35-15-11-33/h1-6,9,16-18,24,32H,7-8,10-15H2. The van der Waals surface area contributed by atoms with E-state index in [4.69, 9.17) is 14.2 Å². The van der Waals surface area contributed by atoms with Gasteiger partial charge < -0.3 is 24.1 Å². The molecule has 0 aliphatic carbocycles. The summed E-state index contributed by atoms with van der Waals surface area (Å²) in [5.41, 5.74) is 6.62. The van der Waals surface area contributed by atoms with Crippen molar-refractivity contribution in [2.75, 3.05) is 44.4 Å². The topological polar surface area (TPSA) is 83.4 Å². The molecular weight excluding hydrogens is 452 g/mol. The van der Waals surface area contributed by atoms with E-state index in [1.165, 1.54) is 5.69 Å². The van der Waals surface area contributed by atoms with Gasteiger partial charge in [-0.2, -0.15) is 5.26 Å². The molecule has 182 valence electrons. The molecule has 0 bridgehead atoms. The maximum Gasteiger partial charge on any atom is 0.137 e. The molecule has 1 N–H and O–H groups in total. The SMILES string of the molecule is N#Cc1cc(-c2nccc3[nH]c(-c4cccc(N5CCOCC5)c4)cc23)ccc1OC1CCOCC1. The number of benzene rings is 2. The van der Waals surface area contributed by atoms with Crippen LogP contribution in [0.4, 0.5) is 5.69 Å². The van der Waals surface area contributed by atoms with E-state index in [-0.39, 0.29) is 6.10 Å². The Balaban J connectivity index is 1.32. The first-order chi connectivity index (χ1) is 17.8. The average Bonchev–Trinajstić information content (AvgIpc) is 3.39. The molecule has 4 aromatic rings. The van der Waals surface area contributed by atoms with E-state index in [0.29, 0.717) is 24.5 Å². The van der Waals surface area contributed by atoms with Crippen molar-refractivity contribution in [2.24, 2.45) is 0 Å². The Hall–Kier alpha value is -3.86. The van der Waals surface area contributed by atoms with Crippen molar-refractivity contribution in [1.82, 2.24) is 9.97 Å². The third-order valence-electron chi connectivity index (χ3n) is 6.92. The third kappa shape index (κ3) is 4.53. The molecule has 7 heteroatoms. The zero-order valence-electron chi connectivity index (χ0n) is 20.1. The minimum absolute atomic E-state index is 0.0821. The molecule has 0 radical (unpaired) electrons. The summed E-state index contributed by atoms with van der Waals surface area (Å²) in [5.74, 6) is 0.620. The molecule has 0 saturated carbocycles. The van der Waals surface area contributed by atoms with Gasteiger partial charge in [-0.15, -0.1) is 0 Å². The lowest BCUT2D eigenvalue weighted by atomic mass is 10.0. The van der Waals surface area contributed by atoms with Crippen molar-refractivity contribution in [3.8, 4) is 34.3 Å². The molecule has 0 atom stereocenters. The summed E-state index contributed by atoms with van der Waals surface area (Å²) in [6, 6.07) is 20.8. The van der Waals surface area contributed by atoms with Crippen LogP contribution in [0.3, 0.4) is 0 Å². The van der Waals surface area contributed by atoms with Crippen LogP contribution in [0.2, 0.25) is 0 Å². The number of aromatic amines is 1. The predicted molar refractivity (Wildman–Crippen MR) is 139 cm³/mol. The van der Waals surface area contributed by atoms with Crippen LogP contribution in [-0.4, -0.2) is 55.6 Å². The first kappa shape index (κ1) is 22.6. The van der Waals surface area contributed by atoms with Crippen molar-refractivity contribution < 1.29 is 14.2 Å². The highest BCUT2D eigenvalue weighted by Crippen LogP contribution is 2.34. The van der Waals surface area contributed by atoms with E-state index in [1.54, 1.807) is 6.20 Å². The number of hydrogen-bond donors (Lipinski definition) is 1. The molecule has 6 rings (SSSR count). The summed E-state index contributed by atoms with van der Waals surface area (Å²) in [6.45, 7) is 4.72. The van der Waals surface area contributed by atoms with Crippen LogP contribution in [0.5, 0.6) is 5.75 Å².